The number of thiophene rings is 1. The topological polar surface area (TPSA) is 30.7 Å². The maximum absolute atomic E-state index is 5.49. The fourth-order valence-corrected chi connectivity index (χ4v) is 8.17. The molecule has 0 amide bonds. The molecule has 4 heteroatoms. The van der Waals surface area contributed by atoms with Crippen molar-refractivity contribution in [3.05, 3.63) is 140 Å². The molecule has 0 spiro atoms. The predicted molar refractivity (Wildman–Crippen MR) is 187 cm³/mol. The van der Waals surface area contributed by atoms with Crippen LogP contribution in [0.2, 0.25) is 0 Å². The maximum Gasteiger partial charge on any atom is 0.236 e. The predicted octanol–water partition coefficient (Wildman–Crippen LogP) is 11.1. The zero-order chi connectivity index (χ0) is 28.8. The molecule has 0 aliphatic heterocycles. The van der Waals surface area contributed by atoms with E-state index < -0.39 is 0 Å². The summed E-state index contributed by atoms with van der Waals surface area (Å²) in [6.45, 7) is 0. The van der Waals surface area contributed by atoms with Crippen molar-refractivity contribution in [2.45, 2.75) is 0 Å². The molecular formula is C40H23N3S. The minimum absolute atomic E-state index is 0.693. The third kappa shape index (κ3) is 3.26. The summed E-state index contributed by atoms with van der Waals surface area (Å²) in [5, 5.41) is 12.1. The number of hydrogen-bond donors (Lipinski definition) is 0. The molecule has 44 heavy (non-hydrogen) atoms. The van der Waals surface area contributed by atoms with Crippen LogP contribution in [0, 0.1) is 0 Å². The first kappa shape index (κ1) is 23.9. The first-order chi connectivity index (χ1) is 21.8. The average molecular weight is 578 g/mol. The van der Waals surface area contributed by atoms with Crippen LogP contribution < -0.4 is 0 Å². The van der Waals surface area contributed by atoms with E-state index >= 15 is 0 Å². The first-order valence-corrected chi connectivity index (χ1v) is 15.7. The number of aromatic nitrogens is 3. The minimum Gasteiger partial charge on any atom is -0.277 e. The van der Waals surface area contributed by atoms with Crippen molar-refractivity contribution in [3.8, 4) is 17.2 Å². The molecule has 0 atom stereocenters. The van der Waals surface area contributed by atoms with Gasteiger partial charge in [-0.15, -0.1) is 11.3 Å². The molecule has 0 bridgehead atoms. The lowest BCUT2D eigenvalue weighted by Crippen LogP contribution is -2.03. The van der Waals surface area contributed by atoms with E-state index in [2.05, 4.69) is 144 Å². The molecule has 0 saturated carbocycles. The lowest BCUT2D eigenvalue weighted by Gasteiger charge is -2.12. The summed E-state index contributed by atoms with van der Waals surface area (Å²) in [6, 6.07) is 49.9. The number of hydrogen-bond acceptors (Lipinski definition) is 3. The normalized spacial score (nSPS) is 12.1. The number of fused-ring (bicyclic) bond motifs is 12. The zero-order valence-corrected chi connectivity index (χ0v) is 24.3. The van der Waals surface area contributed by atoms with Crippen LogP contribution in [0.4, 0.5) is 0 Å². The minimum atomic E-state index is 0.693. The van der Waals surface area contributed by atoms with Crippen molar-refractivity contribution in [1.82, 2.24) is 14.5 Å². The molecular weight excluding hydrogens is 555 g/mol. The third-order valence-electron chi connectivity index (χ3n) is 9.00. The van der Waals surface area contributed by atoms with Gasteiger partial charge in [-0.2, -0.15) is 0 Å². The van der Waals surface area contributed by atoms with Gasteiger partial charge in [-0.1, -0.05) is 127 Å². The standard InChI is InChI=1S/C40H23N3S/c1-2-13-27(14-3-1)37-36-35-29-16-8-5-11-25(29)20-23-33(35)44-39(36)42-40(41-37)43-32-22-19-24-10-4-7-15-28(24)34(32)31-21-18-26-12-6-9-17-30(26)38(31)43/h1-23H. The molecule has 0 radical (unpaired) electrons. The molecule has 7 aromatic carbocycles. The summed E-state index contributed by atoms with van der Waals surface area (Å²) in [6.07, 6.45) is 0. The Hall–Kier alpha value is -5.58. The van der Waals surface area contributed by atoms with Gasteiger partial charge in [0.15, 0.2) is 0 Å². The van der Waals surface area contributed by atoms with Crippen LogP contribution in [0.25, 0.3) is 91.6 Å². The summed E-state index contributed by atoms with van der Waals surface area (Å²) in [4.78, 5) is 11.9. The third-order valence-corrected chi connectivity index (χ3v) is 10.0. The molecule has 10 rings (SSSR count). The molecule has 0 unspecified atom stereocenters. The highest BCUT2D eigenvalue weighted by atomic mass is 32.1. The monoisotopic (exact) mass is 577 g/mol. The lowest BCUT2D eigenvalue weighted by atomic mass is 10.0. The molecule has 0 fully saturated rings. The molecule has 0 aliphatic carbocycles. The van der Waals surface area contributed by atoms with Crippen molar-refractivity contribution in [2.24, 2.45) is 0 Å². The van der Waals surface area contributed by atoms with Gasteiger partial charge in [0.2, 0.25) is 5.95 Å². The summed E-state index contributed by atoms with van der Waals surface area (Å²) in [5.41, 5.74) is 4.30. The Morgan fingerprint density at radius 3 is 1.84 bits per heavy atom. The smallest absolute Gasteiger partial charge is 0.236 e. The summed E-state index contributed by atoms with van der Waals surface area (Å²) < 4.78 is 3.52. The van der Waals surface area contributed by atoms with Gasteiger partial charge in [-0.05, 0) is 39.1 Å². The van der Waals surface area contributed by atoms with Crippen LogP contribution in [0.15, 0.2) is 140 Å². The van der Waals surface area contributed by atoms with Crippen LogP contribution in [-0.4, -0.2) is 14.5 Å². The number of benzene rings is 7. The molecule has 3 nitrogen and oxygen atoms in total. The second kappa shape index (κ2) is 8.96. The summed E-state index contributed by atoms with van der Waals surface area (Å²) >= 11 is 1.75. The highest BCUT2D eigenvalue weighted by Gasteiger charge is 2.22. The fourth-order valence-electron chi connectivity index (χ4n) is 7.09. The van der Waals surface area contributed by atoms with E-state index in [1.54, 1.807) is 11.3 Å². The van der Waals surface area contributed by atoms with E-state index in [0.29, 0.717) is 5.95 Å². The second-order valence-electron chi connectivity index (χ2n) is 11.4. The quantitative estimate of drug-likeness (QED) is 0.205. The van der Waals surface area contributed by atoms with E-state index in [-0.39, 0.29) is 0 Å². The van der Waals surface area contributed by atoms with Gasteiger partial charge in [0.1, 0.15) is 4.83 Å². The second-order valence-corrected chi connectivity index (χ2v) is 12.4. The Balaban J connectivity index is 1.42. The highest BCUT2D eigenvalue weighted by Crippen LogP contribution is 2.44. The molecule has 3 heterocycles. The van der Waals surface area contributed by atoms with Crippen LogP contribution >= 0.6 is 11.3 Å². The largest absolute Gasteiger partial charge is 0.277 e. The molecule has 0 saturated heterocycles. The van der Waals surface area contributed by atoms with E-state index in [9.17, 15) is 0 Å². The van der Waals surface area contributed by atoms with Gasteiger partial charge in [-0.25, -0.2) is 9.97 Å². The van der Waals surface area contributed by atoms with Gasteiger partial charge in [0, 0.05) is 37.2 Å². The van der Waals surface area contributed by atoms with Gasteiger partial charge >= 0.3 is 0 Å². The molecule has 10 aromatic rings. The van der Waals surface area contributed by atoms with E-state index in [0.717, 1.165) is 32.5 Å². The van der Waals surface area contributed by atoms with Crippen molar-refractivity contribution in [1.29, 1.82) is 0 Å². The van der Waals surface area contributed by atoms with Gasteiger partial charge in [0.05, 0.1) is 16.7 Å². The Kier molecular flexibility index (Phi) is 4.87. The number of nitrogens with zero attached hydrogens (tertiary/aromatic N) is 3. The van der Waals surface area contributed by atoms with Crippen LogP contribution in [-0.2, 0) is 0 Å². The highest BCUT2D eigenvalue weighted by molar-refractivity contribution is 7.25. The first-order valence-electron chi connectivity index (χ1n) is 14.8. The Morgan fingerprint density at radius 2 is 1.07 bits per heavy atom. The fraction of sp³-hybridized carbons (Fsp3) is 0. The van der Waals surface area contributed by atoms with Gasteiger partial charge in [0.25, 0.3) is 0 Å². The van der Waals surface area contributed by atoms with Crippen LogP contribution in [0.3, 0.4) is 0 Å². The molecule has 204 valence electrons. The van der Waals surface area contributed by atoms with E-state index in [1.807, 2.05) is 0 Å². The average Bonchev–Trinajstić information content (AvgIpc) is 3.65. The van der Waals surface area contributed by atoms with E-state index in [4.69, 9.17) is 9.97 Å². The SMILES string of the molecule is c1ccc(-c2nc(-n3c4ccc5ccccc5c4c4ccc5ccccc5c43)nc3sc4ccc5ccccc5c4c23)cc1. The maximum atomic E-state index is 5.49. The van der Waals surface area contributed by atoms with Gasteiger partial charge in [-0.3, -0.25) is 4.57 Å². The van der Waals surface area contributed by atoms with Crippen molar-refractivity contribution >= 4 is 85.8 Å². The lowest BCUT2D eigenvalue weighted by molar-refractivity contribution is 1.02. The Morgan fingerprint density at radius 1 is 0.455 bits per heavy atom. The molecule has 3 aromatic heterocycles. The van der Waals surface area contributed by atoms with E-state index in [1.165, 1.54) is 53.2 Å². The van der Waals surface area contributed by atoms with Crippen molar-refractivity contribution in [2.75, 3.05) is 0 Å². The van der Waals surface area contributed by atoms with Crippen LogP contribution in [0.1, 0.15) is 0 Å². The zero-order valence-electron chi connectivity index (χ0n) is 23.5. The van der Waals surface area contributed by atoms with Crippen molar-refractivity contribution < 1.29 is 0 Å². The molecule has 0 N–H and O–H groups in total. The number of rotatable bonds is 2. The Labute approximate surface area is 256 Å². The summed E-state index contributed by atoms with van der Waals surface area (Å²) in [7, 11) is 0. The van der Waals surface area contributed by atoms with Crippen molar-refractivity contribution in [3.63, 3.8) is 0 Å². The Bertz CT molecular complexity index is 2770. The summed E-state index contributed by atoms with van der Waals surface area (Å²) in [5.74, 6) is 0.693. The molecule has 0 aliphatic rings. The van der Waals surface area contributed by atoms with Crippen LogP contribution in [0.5, 0.6) is 0 Å². The van der Waals surface area contributed by atoms with Gasteiger partial charge < -0.3 is 0 Å².